The van der Waals surface area contributed by atoms with Crippen molar-refractivity contribution in [1.29, 1.82) is 0 Å². The molecule has 0 radical (unpaired) electrons. The minimum absolute atomic E-state index is 0. The largest absolute Gasteiger partial charge is 1.00 e. The van der Waals surface area contributed by atoms with E-state index in [1.807, 2.05) is 0 Å². The molecule has 0 nitrogen and oxygen atoms in total. The molecule has 0 saturated heterocycles. The number of halogens is 2. The van der Waals surface area contributed by atoms with Gasteiger partial charge in [0, 0.05) is 0 Å². The summed E-state index contributed by atoms with van der Waals surface area (Å²) in [5, 5.41) is 0. The van der Waals surface area contributed by atoms with Crippen LogP contribution in [-0.4, -0.2) is 3.21 Å². The number of rotatable bonds is 5. The van der Waals surface area contributed by atoms with Gasteiger partial charge >= 0.3 is 266 Å². The van der Waals surface area contributed by atoms with Crippen LogP contribution in [0.4, 0.5) is 0 Å². The van der Waals surface area contributed by atoms with Gasteiger partial charge in [-0.3, -0.25) is 0 Å². The first-order valence-electron chi connectivity index (χ1n) is 16.1. The SMILES string of the molecule is CCCC1C=C(C(C)(C)C)C=[C]1/[Zr+2](=[C](\C)c1ccccc1)[c]1c(C(C)(C)C)ccc2c1Cc1cc(C(C)(C)C)ccc1-2.[Cl-].[Cl-]. The molecule has 3 heteroatoms. The van der Waals surface area contributed by atoms with E-state index in [4.69, 9.17) is 0 Å². The van der Waals surface area contributed by atoms with Crippen LogP contribution < -0.4 is 28.1 Å². The maximum atomic E-state index is 2.69. The summed E-state index contributed by atoms with van der Waals surface area (Å²) in [6.45, 7) is 26.3. The van der Waals surface area contributed by atoms with Crippen LogP contribution in [0.2, 0.25) is 0 Å². The summed E-state index contributed by atoms with van der Waals surface area (Å²) in [5.74, 6) is 0.553. The van der Waals surface area contributed by atoms with E-state index in [1.165, 1.54) is 46.2 Å². The molecule has 2 aliphatic rings. The summed E-state index contributed by atoms with van der Waals surface area (Å²) in [7, 11) is 0. The Hall–Kier alpha value is -1.53. The molecular formula is C41H52Cl2Zr. The van der Waals surface area contributed by atoms with Gasteiger partial charge < -0.3 is 24.8 Å². The number of allylic oxidation sites excluding steroid dienone is 4. The second kappa shape index (κ2) is 13.7. The molecule has 234 valence electrons. The van der Waals surface area contributed by atoms with E-state index in [0.717, 1.165) is 6.42 Å². The second-order valence-corrected chi connectivity index (χ2v) is 22.1. The van der Waals surface area contributed by atoms with Gasteiger partial charge in [0.05, 0.1) is 0 Å². The fourth-order valence-electron chi connectivity index (χ4n) is 6.94. The molecule has 1 unspecified atom stereocenters. The van der Waals surface area contributed by atoms with Crippen LogP contribution in [0.5, 0.6) is 0 Å². The molecule has 44 heavy (non-hydrogen) atoms. The van der Waals surface area contributed by atoms with Gasteiger partial charge in [-0.25, -0.2) is 0 Å². The molecule has 5 rings (SSSR count). The van der Waals surface area contributed by atoms with Gasteiger partial charge in [-0.1, -0.05) is 0 Å². The first kappa shape index (κ1) is 36.9. The van der Waals surface area contributed by atoms with Crippen LogP contribution in [0.1, 0.15) is 117 Å². The Morgan fingerprint density at radius 1 is 0.773 bits per heavy atom. The maximum absolute atomic E-state index is 2.69. The molecule has 0 saturated carbocycles. The second-order valence-electron chi connectivity index (χ2n) is 15.8. The summed E-state index contributed by atoms with van der Waals surface area (Å²) >= 11 is -2.65. The molecule has 0 aliphatic heterocycles. The fourth-order valence-corrected chi connectivity index (χ4v) is 16.0. The zero-order chi connectivity index (χ0) is 30.6. The normalized spacial score (nSPS) is 16.2. The van der Waals surface area contributed by atoms with E-state index in [1.54, 1.807) is 20.9 Å². The van der Waals surface area contributed by atoms with E-state index in [9.17, 15) is 0 Å². The zero-order valence-electron chi connectivity index (χ0n) is 28.9. The average Bonchev–Trinajstić information content (AvgIpc) is 3.50. The molecule has 0 bridgehead atoms. The van der Waals surface area contributed by atoms with Crippen LogP contribution in [-0.2, 0) is 38.5 Å². The molecule has 0 N–H and O–H groups in total. The maximum Gasteiger partial charge on any atom is -1.00 e. The number of fused-ring (bicyclic) bond motifs is 3. The van der Waals surface area contributed by atoms with Gasteiger partial charge in [0.2, 0.25) is 0 Å². The van der Waals surface area contributed by atoms with Gasteiger partial charge in [-0.15, -0.1) is 0 Å². The molecule has 0 heterocycles. The Bertz CT molecular complexity index is 1600. The molecular weight excluding hydrogens is 655 g/mol. The Balaban J connectivity index is 0.00000264. The molecule has 0 fully saturated rings. The molecule has 3 aromatic rings. The van der Waals surface area contributed by atoms with Gasteiger partial charge in [0.25, 0.3) is 0 Å². The Morgan fingerprint density at radius 3 is 1.98 bits per heavy atom. The van der Waals surface area contributed by atoms with E-state index < -0.39 is 21.3 Å². The average molecular weight is 707 g/mol. The topological polar surface area (TPSA) is 0 Å². The molecule has 0 spiro atoms. The molecule has 0 amide bonds. The van der Waals surface area contributed by atoms with Crippen molar-refractivity contribution < 1.29 is 46.1 Å². The zero-order valence-corrected chi connectivity index (χ0v) is 32.9. The Morgan fingerprint density at radius 2 is 1.41 bits per heavy atom. The first-order chi connectivity index (χ1) is 19.6. The van der Waals surface area contributed by atoms with E-state index >= 15 is 0 Å². The number of hydrogen-bond acceptors (Lipinski definition) is 0. The van der Waals surface area contributed by atoms with E-state index in [0.29, 0.717) is 5.92 Å². The fraction of sp³-hybridized carbons (Fsp3) is 0.439. The minimum Gasteiger partial charge on any atom is -1.00 e. The molecule has 0 aromatic heterocycles. The quantitative estimate of drug-likeness (QED) is 0.284. The van der Waals surface area contributed by atoms with Crippen molar-refractivity contribution >= 4 is 6.48 Å². The predicted octanol–water partition coefficient (Wildman–Crippen LogP) is 4.63. The van der Waals surface area contributed by atoms with Crippen molar-refractivity contribution in [3.05, 3.63) is 109 Å². The van der Waals surface area contributed by atoms with Crippen molar-refractivity contribution in [2.24, 2.45) is 11.3 Å². The van der Waals surface area contributed by atoms with E-state index in [-0.39, 0.29) is 41.1 Å². The van der Waals surface area contributed by atoms with Crippen LogP contribution in [0.15, 0.2) is 81.7 Å². The van der Waals surface area contributed by atoms with Crippen molar-refractivity contribution in [2.45, 2.75) is 106 Å². The standard InChI is InChI=1S/C21H25.C12H19.C8H8.2ClH.Zr/c1-20(2,3)16-7-9-18-14(12-16)11-15-13-17(21(4,5)6)8-10-19(15)18;1-5-6-10-7-8-11(9-10)12(2,3)4;1-2-8-6-4-3-5-7-8;;;/h7-10,12H,11H2,1-6H3;8-10H,5-6H2,1-4H3;3-7H,1H3;2*1H;/q;;;;;+2/p-2. The van der Waals surface area contributed by atoms with Gasteiger partial charge in [-0.05, 0) is 0 Å². The smallest absolute Gasteiger partial charge is 1.00 e. The Labute approximate surface area is 288 Å². The summed E-state index contributed by atoms with van der Waals surface area (Å²) in [4.78, 5) is 0. The van der Waals surface area contributed by atoms with Crippen molar-refractivity contribution in [2.75, 3.05) is 0 Å². The van der Waals surface area contributed by atoms with Crippen LogP contribution in [0.3, 0.4) is 0 Å². The van der Waals surface area contributed by atoms with Crippen LogP contribution >= 0.6 is 0 Å². The van der Waals surface area contributed by atoms with Crippen molar-refractivity contribution in [1.82, 2.24) is 0 Å². The third-order valence-electron chi connectivity index (χ3n) is 9.43. The minimum atomic E-state index is -2.65. The number of hydrogen-bond donors (Lipinski definition) is 0. The molecule has 1 atom stereocenters. The van der Waals surface area contributed by atoms with Crippen molar-refractivity contribution in [3.63, 3.8) is 0 Å². The molecule has 2 aliphatic carbocycles. The third kappa shape index (κ3) is 7.22. The predicted molar refractivity (Wildman–Crippen MR) is 182 cm³/mol. The third-order valence-corrected chi connectivity index (χ3v) is 17.3. The Kier molecular flexibility index (Phi) is 11.5. The van der Waals surface area contributed by atoms with Crippen LogP contribution in [0, 0.1) is 11.3 Å². The van der Waals surface area contributed by atoms with Crippen molar-refractivity contribution in [3.8, 4) is 11.1 Å². The summed E-state index contributed by atoms with van der Waals surface area (Å²) in [5.41, 5.74) is 12.5. The summed E-state index contributed by atoms with van der Waals surface area (Å²) < 4.78 is 5.21. The monoisotopic (exact) mass is 704 g/mol. The summed E-state index contributed by atoms with van der Waals surface area (Å²) in [6, 6.07) is 23.7. The van der Waals surface area contributed by atoms with Gasteiger partial charge in [0.1, 0.15) is 0 Å². The number of benzene rings is 3. The van der Waals surface area contributed by atoms with Crippen LogP contribution in [0.25, 0.3) is 11.1 Å². The molecule has 3 aromatic carbocycles. The first-order valence-corrected chi connectivity index (χ1v) is 19.8. The van der Waals surface area contributed by atoms with Gasteiger partial charge in [-0.2, -0.15) is 0 Å². The van der Waals surface area contributed by atoms with E-state index in [2.05, 4.69) is 149 Å². The summed E-state index contributed by atoms with van der Waals surface area (Å²) in [6.07, 6.45) is 8.86. The van der Waals surface area contributed by atoms with Gasteiger partial charge in [0.15, 0.2) is 0 Å².